The van der Waals surface area contributed by atoms with Gasteiger partial charge in [0.15, 0.2) is 5.78 Å². The van der Waals surface area contributed by atoms with E-state index < -0.39 is 37.4 Å². The van der Waals surface area contributed by atoms with Crippen molar-refractivity contribution in [2.24, 2.45) is 0 Å². The number of aliphatic hydroxyl groups excluding tert-OH is 4. The van der Waals surface area contributed by atoms with Gasteiger partial charge in [0.2, 0.25) is 0 Å². The van der Waals surface area contributed by atoms with Crippen LogP contribution in [0.4, 0.5) is 4.39 Å². The molecule has 0 aromatic heterocycles. The molecule has 0 aromatic carbocycles. The van der Waals surface area contributed by atoms with Crippen LogP contribution < -0.4 is 0 Å². The first-order valence-electron chi connectivity index (χ1n) is 3.29. The molecule has 6 heteroatoms. The van der Waals surface area contributed by atoms with E-state index >= 15 is 0 Å². The van der Waals surface area contributed by atoms with Crippen molar-refractivity contribution in [2.45, 2.75) is 18.3 Å². The zero-order chi connectivity index (χ0) is 9.72. The lowest BCUT2D eigenvalue weighted by Crippen LogP contribution is -2.42. The molecule has 0 radical (unpaired) electrons. The van der Waals surface area contributed by atoms with Gasteiger partial charge in [-0.1, -0.05) is 0 Å². The molecule has 0 aliphatic heterocycles. The lowest BCUT2D eigenvalue weighted by Gasteiger charge is -2.15. The SMILES string of the molecule is O=C(C(O)CO)[C@H](O)[C@H](O)CF. The Labute approximate surface area is 68.1 Å². The van der Waals surface area contributed by atoms with Crippen molar-refractivity contribution in [3.05, 3.63) is 0 Å². The molecule has 0 heterocycles. The lowest BCUT2D eigenvalue weighted by molar-refractivity contribution is -0.143. The molecule has 3 atom stereocenters. The van der Waals surface area contributed by atoms with Crippen LogP contribution in [0.25, 0.3) is 0 Å². The summed E-state index contributed by atoms with van der Waals surface area (Å²) in [5.41, 5.74) is 0. The number of rotatable bonds is 5. The zero-order valence-corrected chi connectivity index (χ0v) is 6.22. The summed E-state index contributed by atoms with van der Waals surface area (Å²) in [6.07, 6.45) is -5.61. The second-order valence-electron chi connectivity index (χ2n) is 2.27. The summed E-state index contributed by atoms with van der Waals surface area (Å²) in [4.78, 5) is 10.7. The monoisotopic (exact) mass is 182 g/mol. The number of carbonyl (C=O) groups is 1. The second kappa shape index (κ2) is 5.15. The van der Waals surface area contributed by atoms with Gasteiger partial charge < -0.3 is 20.4 Å². The number of carbonyl (C=O) groups excluding carboxylic acids is 1. The quantitative estimate of drug-likeness (QED) is 0.380. The number of Topliss-reactive ketones (excluding diaryl/α,β-unsaturated/α-hetero) is 1. The van der Waals surface area contributed by atoms with E-state index in [1.54, 1.807) is 0 Å². The molecule has 0 aliphatic carbocycles. The van der Waals surface area contributed by atoms with Gasteiger partial charge in [-0.2, -0.15) is 0 Å². The minimum Gasteiger partial charge on any atom is -0.393 e. The van der Waals surface area contributed by atoms with Crippen LogP contribution in [-0.2, 0) is 4.79 Å². The fraction of sp³-hybridized carbons (Fsp3) is 0.833. The summed E-state index contributed by atoms with van der Waals surface area (Å²) in [6, 6.07) is 0. The molecule has 12 heavy (non-hydrogen) atoms. The Bertz CT molecular complexity index is 151. The van der Waals surface area contributed by atoms with Crippen LogP contribution in [0.5, 0.6) is 0 Å². The van der Waals surface area contributed by atoms with E-state index in [1.165, 1.54) is 0 Å². The van der Waals surface area contributed by atoms with Crippen LogP contribution in [-0.4, -0.2) is 57.8 Å². The van der Waals surface area contributed by atoms with Crippen LogP contribution in [0.3, 0.4) is 0 Å². The van der Waals surface area contributed by atoms with Crippen LogP contribution in [0.1, 0.15) is 0 Å². The van der Waals surface area contributed by atoms with E-state index in [1.807, 2.05) is 0 Å². The summed E-state index contributed by atoms with van der Waals surface area (Å²) in [7, 11) is 0. The van der Waals surface area contributed by atoms with Crippen molar-refractivity contribution in [3.8, 4) is 0 Å². The maximum atomic E-state index is 11.7. The first-order chi connectivity index (χ1) is 5.54. The Morgan fingerprint density at radius 2 is 1.83 bits per heavy atom. The van der Waals surface area contributed by atoms with Crippen molar-refractivity contribution in [3.63, 3.8) is 0 Å². The van der Waals surface area contributed by atoms with Gasteiger partial charge in [0.05, 0.1) is 6.61 Å². The molecular weight excluding hydrogens is 171 g/mol. The normalized spacial score (nSPS) is 18.4. The van der Waals surface area contributed by atoms with Gasteiger partial charge in [0.1, 0.15) is 25.0 Å². The molecule has 0 amide bonds. The van der Waals surface area contributed by atoms with Gasteiger partial charge in [-0.25, -0.2) is 4.39 Å². The largest absolute Gasteiger partial charge is 0.393 e. The highest BCUT2D eigenvalue weighted by Crippen LogP contribution is 1.99. The number of aliphatic hydroxyl groups is 4. The molecule has 0 rings (SSSR count). The third-order valence-corrected chi connectivity index (χ3v) is 1.32. The molecule has 1 unspecified atom stereocenters. The first kappa shape index (κ1) is 11.4. The van der Waals surface area contributed by atoms with Crippen molar-refractivity contribution in [1.29, 1.82) is 0 Å². The van der Waals surface area contributed by atoms with Gasteiger partial charge in [-0.15, -0.1) is 0 Å². The number of hydrogen-bond acceptors (Lipinski definition) is 5. The van der Waals surface area contributed by atoms with E-state index in [4.69, 9.17) is 20.4 Å². The number of hydrogen-bond donors (Lipinski definition) is 4. The summed E-state index contributed by atoms with van der Waals surface area (Å²) in [5.74, 6) is -1.19. The van der Waals surface area contributed by atoms with E-state index in [2.05, 4.69) is 0 Å². The Hall–Kier alpha value is -0.560. The molecule has 0 aromatic rings. The fourth-order valence-corrected chi connectivity index (χ4v) is 0.561. The van der Waals surface area contributed by atoms with Gasteiger partial charge >= 0.3 is 0 Å². The topological polar surface area (TPSA) is 98.0 Å². The highest BCUT2D eigenvalue weighted by molar-refractivity contribution is 5.87. The second-order valence-corrected chi connectivity index (χ2v) is 2.27. The average molecular weight is 182 g/mol. The Kier molecular flexibility index (Phi) is 4.91. The Balaban J connectivity index is 4.09. The maximum Gasteiger partial charge on any atom is 0.194 e. The van der Waals surface area contributed by atoms with E-state index in [0.29, 0.717) is 0 Å². The molecule has 0 saturated heterocycles. The highest BCUT2D eigenvalue weighted by atomic mass is 19.1. The van der Waals surface area contributed by atoms with E-state index in [0.717, 1.165) is 0 Å². The van der Waals surface area contributed by atoms with Crippen LogP contribution in [0.2, 0.25) is 0 Å². The van der Waals surface area contributed by atoms with Gasteiger partial charge in [-0.3, -0.25) is 4.79 Å². The first-order valence-corrected chi connectivity index (χ1v) is 3.29. The molecule has 0 fully saturated rings. The van der Waals surface area contributed by atoms with E-state index in [-0.39, 0.29) is 0 Å². The van der Waals surface area contributed by atoms with Crippen LogP contribution in [0, 0.1) is 0 Å². The van der Waals surface area contributed by atoms with Gasteiger partial charge in [0.25, 0.3) is 0 Å². The number of ketones is 1. The number of halogens is 1. The minimum atomic E-state index is -1.99. The van der Waals surface area contributed by atoms with Crippen molar-refractivity contribution < 1.29 is 29.6 Å². The third kappa shape index (κ3) is 2.82. The molecule has 0 bridgehead atoms. The fourth-order valence-electron chi connectivity index (χ4n) is 0.561. The van der Waals surface area contributed by atoms with Gasteiger partial charge in [-0.05, 0) is 0 Å². The summed E-state index contributed by atoms with van der Waals surface area (Å²) in [5, 5.41) is 34.3. The molecule has 4 N–H and O–H groups in total. The van der Waals surface area contributed by atoms with Crippen molar-refractivity contribution in [1.82, 2.24) is 0 Å². The molecule has 0 aliphatic rings. The minimum absolute atomic E-state index is 0.866. The van der Waals surface area contributed by atoms with Crippen LogP contribution >= 0.6 is 0 Å². The molecule has 0 saturated carbocycles. The van der Waals surface area contributed by atoms with Gasteiger partial charge in [0, 0.05) is 0 Å². The third-order valence-electron chi connectivity index (χ3n) is 1.32. The van der Waals surface area contributed by atoms with Crippen molar-refractivity contribution >= 4 is 5.78 Å². The summed E-state index contributed by atoms with van der Waals surface area (Å²) in [6.45, 7) is -2.15. The number of alkyl halides is 1. The molecule has 72 valence electrons. The summed E-state index contributed by atoms with van der Waals surface area (Å²) < 4.78 is 11.7. The maximum absolute atomic E-state index is 11.7. The lowest BCUT2D eigenvalue weighted by atomic mass is 10.1. The Morgan fingerprint density at radius 1 is 1.33 bits per heavy atom. The average Bonchev–Trinajstić information content (AvgIpc) is 2.12. The molecule has 5 nitrogen and oxygen atoms in total. The molecule has 0 spiro atoms. The highest BCUT2D eigenvalue weighted by Gasteiger charge is 2.28. The zero-order valence-electron chi connectivity index (χ0n) is 6.22. The van der Waals surface area contributed by atoms with Crippen LogP contribution in [0.15, 0.2) is 0 Å². The predicted octanol–water partition coefficient (Wildman–Crippen LogP) is -2.40. The Morgan fingerprint density at radius 3 is 2.17 bits per heavy atom. The predicted molar refractivity (Wildman–Crippen MR) is 36.1 cm³/mol. The van der Waals surface area contributed by atoms with E-state index in [9.17, 15) is 9.18 Å². The summed E-state index contributed by atoms with van der Waals surface area (Å²) >= 11 is 0. The van der Waals surface area contributed by atoms with Crippen molar-refractivity contribution in [2.75, 3.05) is 13.3 Å². The standard InChI is InChI=1S/C6H11FO5/c7-1-3(9)5(11)6(12)4(10)2-8/h3-5,8-11H,1-2H2/t3-,4?,5-/m1/s1. The smallest absolute Gasteiger partial charge is 0.194 e. The molecular formula is C6H11FO5.